The van der Waals surface area contributed by atoms with E-state index in [4.69, 9.17) is 10.5 Å². The van der Waals surface area contributed by atoms with E-state index in [0.717, 1.165) is 25.0 Å². The molecule has 1 saturated heterocycles. The lowest BCUT2D eigenvalue weighted by Gasteiger charge is -2.07. The highest BCUT2D eigenvalue weighted by Crippen LogP contribution is 2.26. The average molecular weight is 262 g/mol. The highest BCUT2D eigenvalue weighted by atomic mass is 19.1. The minimum absolute atomic E-state index is 0.0123. The van der Waals surface area contributed by atoms with Gasteiger partial charge in [-0.2, -0.15) is 5.10 Å². The van der Waals surface area contributed by atoms with Crippen molar-refractivity contribution in [3.05, 3.63) is 47.3 Å². The zero-order valence-electron chi connectivity index (χ0n) is 10.3. The number of rotatable bonds is 3. The Morgan fingerprint density at radius 1 is 1.37 bits per heavy atom. The van der Waals surface area contributed by atoms with Gasteiger partial charge in [0.1, 0.15) is 11.9 Å². The smallest absolute Gasteiger partial charge is 0.171 e. The lowest BCUT2D eigenvalue weighted by molar-refractivity contribution is 0.105. The lowest BCUT2D eigenvalue weighted by Crippen LogP contribution is -2.13. The third kappa shape index (κ3) is 2.50. The van der Waals surface area contributed by atoms with Gasteiger partial charge in [0.25, 0.3) is 0 Å². The molecular weight excluding hydrogens is 247 g/mol. The summed E-state index contributed by atoms with van der Waals surface area (Å²) in [7, 11) is 0. The maximum absolute atomic E-state index is 12.9. The van der Waals surface area contributed by atoms with Gasteiger partial charge in [-0.15, -0.1) is 0 Å². The van der Waals surface area contributed by atoms with Crippen molar-refractivity contribution in [1.29, 1.82) is 0 Å². The van der Waals surface area contributed by atoms with E-state index in [9.17, 15) is 4.39 Å². The summed E-state index contributed by atoms with van der Waals surface area (Å²) in [5.74, 6) is 0.924. The van der Waals surface area contributed by atoms with E-state index in [2.05, 4.69) is 15.2 Å². The van der Waals surface area contributed by atoms with Crippen molar-refractivity contribution < 1.29 is 9.13 Å². The highest BCUT2D eigenvalue weighted by Gasteiger charge is 2.23. The second-order valence-corrected chi connectivity index (χ2v) is 4.61. The Hall–Kier alpha value is -1.79. The molecule has 100 valence electrons. The van der Waals surface area contributed by atoms with Crippen LogP contribution in [-0.2, 0) is 4.74 Å². The number of hydrogen-bond donors (Lipinski definition) is 2. The molecular formula is C13H15FN4O. The Balaban J connectivity index is 1.79. The number of ether oxygens (including phenoxy) is 1. The van der Waals surface area contributed by atoms with E-state index >= 15 is 0 Å². The fourth-order valence-corrected chi connectivity index (χ4v) is 2.18. The van der Waals surface area contributed by atoms with E-state index in [1.54, 1.807) is 12.1 Å². The molecule has 0 spiro atoms. The SMILES string of the molecule is NC(c1ccc(F)cc1)c1n[nH]c(C2CCCO2)n1. The van der Waals surface area contributed by atoms with Gasteiger partial charge in [0.2, 0.25) is 0 Å². The molecule has 1 fully saturated rings. The van der Waals surface area contributed by atoms with E-state index in [1.807, 2.05) is 0 Å². The van der Waals surface area contributed by atoms with Crippen LogP contribution < -0.4 is 5.73 Å². The monoisotopic (exact) mass is 262 g/mol. The second kappa shape index (κ2) is 5.07. The van der Waals surface area contributed by atoms with Gasteiger partial charge in [0, 0.05) is 6.61 Å². The summed E-state index contributed by atoms with van der Waals surface area (Å²) >= 11 is 0. The Bertz CT molecular complexity index is 548. The van der Waals surface area contributed by atoms with Crippen molar-refractivity contribution >= 4 is 0 Å². The number of aromatic nitrogens is 3. The summed E-state index contributed by atoms with van der Waals surface area (Å²) < 4.78 is 18.4. The van der Waals surface area contributed by atoms with Crippen LogP contribution in [0.3, 0.4) is 0 Å². The van der Waals surface area contributed by atoms with E-state index < -0.39 is 6.04 Å². The fourth-order valence-electron chi connectivity index (χ4n) is 2.18. The molecule has 0 aliphatic carbocycles. The minimum Gasteiger partial charge on any atom is -0.370 e. The minimum atomic E-state index is -0.466. The molecule has 19 heavy (non-hydrogen) atoms. The number of nitrogens with zero attached hydrogens (tertiary/aromatic N) is 2. The van der Waals surface area contributed by atoms with Crippen LogP contribution in [0.1, 0.15) is 42.2 Å². The highest BCUT2D eigenvalue weighted by molar-refractivity contribution is 5.24. The maximum atomic E-state index is 12.9. The van der Waals surface area contributed by atoms with Crippen LogP contribution in [0, 0.1) is 5.82 Å². The van der Waals surface area contributed by atoms with Crippen LogP contribution in [-0.4, -0.2) is 21.8 Å². The molecule has 0 saturated carbocycles. The molecule has 3 rings (SSSR count). The first-order valence-electron chi connectivity index (χ1n) is 6.29. The molecule has 0 bridgehead atoms. The second-order valence-electron chi connectivity index (χ2n) is 4.61. The molecule has 5 nitrogen and oxygen atoms in total. The van der Waals surface area contributed by atoms with Crippen LogP contribution >= 0.6 is 0 Å². The van der Waals surface area contributed by atoms with Crippen molar-refractivity contribution in [2.24, 2.45) is 5.73 Å². The van der Waals surface area contributed by atoms with E-state index in [0.29, 0.717) is 11.6 Å². The van der Waals surface area contributed by atoms with Crippen LogP contribution in [0.15, 0.2) is 24.3 Å². The molecule has 0 radical (unpaired) electrons. The number of H-pyrrole nitrogens is 1. The van der Waals surface area contributed by atoms with Crippen molar-refractivity contribution in [2.75, 3.05) is 6.61 Å². The number of aromatic amines is 1. The number of nitrogens with two attached hydrogens (primary N) is 1. The molecule has 3 N–H and O–H groups in total. The normalized spacial score (nSPS) is 20.6. The summed E-state index contributed by atoms with van der Waals surface area (Å²) in [5, 5.41) is 6.99. The van der Waals surface area contributed by atoms with Gasteiger partial charge in [0.05, 0.1) is 6.04 Å². The molecule has 1 aliphatic heterocycles. The third-order valence-electron chi connectivity index (χ3n) is 3.26. The largest absolute Gasteiger partial charge is 0.370 e. The van der Waals surface area contributed by atoms with Crippen LogP contribution in [0.2, 0.25) is 0 Å². The lowest BCUT2D eigenvalue weighted by atomic mass is 10.1. The molecule has 0 amide bonds. The average Bonchev–Trinajstić information content (AvgIpc) is 3.10. The van der Waals surface area contributed by atoms with Crippen molar-refractivity contribution in [2.45, 2.75) is 25.0 Å². The van der Waals surface area contributed by atoms with Crippen LogP contribution in [0.25, 0.3) is 0 Å². The number of hydrogen-bond acceptors (Lipinski definition) is 4. The summed E-state index contributed by atoms with van der Waals surface area (Å²) in [5.41, 5.74) is 6.85. The topological polar surface area (TPSA) is 76.8 Å². The Morgan fingerprint density at radius 2 is 2.16 bits per heavy atom. The number of halogens is 1. The van der Waals surface area contributed by atoms with Gasteiger partial charge < -0.3 is 10.5 Å². The van der Waals surface area contributed by atoms with E-state index in [1.165, 1.54) is 12.1 Å². The van der Waals surface area contributed by atoms with Gasteiger partial charge >= 0.3 is 0 Å². The predicted molar refractivity (Wildman–Crippen MR) is 66.7 cm³/mol. The van der Waals surface area contributed by atoms with Crippen molar-refractivity contribution in [1.82, 2.24) is 15.2 Å². The fraction of sp³-hybridized carbons (Fsp3) is 0.385. The Morgan fingerprint density at radius 3 is 2.84 bits per heavy atom. The Labute approximate surface area is 110 Å². The zero-order chi connectivity index (χ0) is 13.2. The molecule has 6 heteroatoms. The van der Waals surface area contributed by atoms with Crippen molar-refractivity contribution in [3.8, 4) is 0 Å². The van der Waals surface area contributed by atoms with Gasteiger partial charge in [-0.3, -0.25) is 5.10 Å². The summed E-state index contributed by atoms with van der Waals surface area (Å²) in [4.78, 5) is 4.38. The van der Waals surface area contributed by atoms with Crippen LogP contribution in [0.4, 0.5) is 4.39 Å². The standard InChI is InChI=1S/C13H15FN4O/c14-9-5-3-8(4-6-9)11(15)13-16-12(17-18-13)10-2-1-7-19-10/h3-6,10-11H,1-2,7,15H2,(H,16,17,18). The van der Waals surface area contributed by atoms with E-state index in [-0.39, 0.29) is 11.9 Å². The molecule has 2 unspecified atom stereocenters. The Kier molecular flexibility index (Phi) is 3.27. The number of benzene rings is 1. The van der Waals surface area contributed by atoms with Gasteiger partial charge in [0.15, 0.2) is 11.6 Å². The van der Waals surface area contributed by atoms with Crippen LogP contribution in [0.5, 0.6) is 0 Å². The van der Waals surface area contributed by atoms with Gasteiger partial charge in [-0.1, -0.05) is 12.1 Å². The first-order chi connectivity index (χ1) is 9.24. The van der Waals surface area contributed by atoms with Crippen molar-refractivity contribution in [3.63, 3.8) is 0 Å². The van der Waals surface area contributed by atoms with Gasteiger partial charge in [-0.05, 0) is 30.5 Å². The molecule has 1 aromatic carbocycles. The molecule has 2 heterocycles. The third-order valence-corrected chi connectivity index (χ3v) is 3.26. The first-order valence-corrected chi connectivity index (χ1v) is 6.29. The first kappa shape index (κ1) is 12.3. The zero-order valence-corrected chi connectivity index (χ0v) is 10.3. The quantitative estimate of drug-likeness (QED) is 0.885. The molecule has 2 aromatic rings. The molecule has 1 aromatic heterocycles. The molecule has 1 aliphatic rings. The maximum Gasteiger partial charge on any atom is 0.171 e. The summed E-state index contributed by atoms with van der Waals surface area (Å²) in [6.45, 7) is 0.755. The summed E-state index contributed by atoms with van der Waals surface area (Å²) in [6, 6.07) is 5.57. The number of nitrogens with one attached hydrogen (secondary N) is 1. The summed E-state index contributed by atoms with van der Waals surface area (Å²) in [6.07, 6.45) is 1.96. The van der Waals surface area contributed by atoms with Gasteiger partial charge in [-0.25, -0.2) is 9.37 Å². The predicted octanol–water partition coefficient (Wildman–Crippen LogP) is 1.84. The molecule has 2 atom stereocenters.